The highest BCUT2D eigenvalue weighted by molar-refractivity contribution is 7.89. The molecule has 34 heavy (non-hydrogen) atoms. The molecule has 1 aliphatic heterocycles. The van der Waals surface area contributed by atoms with Gasteiger partial charge in [0.05, 0.1) is 36.2 Å². The zero-order valence-electron chi connectivity index (χ0n) is 17.9. The molecule has 1 aliphatic rings. The topological polar surface area (TPSA) is 117 Å². The van der Waals surface area contributed by atoms with Gasteiger partial charge in [-0.05, 0) is 42.5 Å². The molecule has 9 nitrogen and oxygen atoms in total. The predicted octanol–water partition coefficient (Wildman–Crippen LogP) is 2.09. The van der Waals surface area contributed by atoms with Crippen LogP contribution in [0.4, 0.5) is 14.5 Å². The van der Waals surface area contributed by atoms with E-state index in [0.29, 0.717) is 0 Å². The van der Waals surface area contributed by atoms with Crippen LogP contribution in [0.3, 0.4) is 0 Å². The Morgan fingerprint density at radius 2 is 1.79 bits per heavy atom. The smallest absolute Gasteiger partial charge is 0.341 e. The van der Waals surface area contributed by atoms with E-state index in [2.05, 4.69) is 0 Å². The molecule has 0 saturated carbocycles. The number of anilines is 1. The number of nitriles is 1. The molecule has 0 spiro atoms. The van der Waals surface area contributed by atoms with E-state index in [1.54, 1.807) is 0 Å². The van der Waals surface area contributed by atoms with Crippen LogP contribution in [0.1, 0.15) is 16.8 Å². The molecule has 180 valence electrons. The highest BCUT2D eigenvalue weighted by Crippen LogP contribution is 2.21. The summed E-state index contributed by atoms with van der Waals surface area (Å²) >= 11 is 0. The summed E-state index contributed by atoms with van der Waals surface area (Å²) in [7, 11) is -3.99. The molecule has 1 amide bonds. The number of rotatable bonds is 8. The number of halogens is 2. The van der Waals surface area contributed by atoms with Crippen LogP contribution in [0.15, 0.2) is 47.4 Å². The first-order chi connectivity index (χ1) is 16.2. The van der Waals surface area contributed by atoms with Gasteiger partial charge < -0.3 is 14.4 Å². The standard InChI is InChI=1S/C22H21F2N3O6S/c23-16-2-4-17(5-3-16)27(9-1-8-25)21(28)15-33-22(29)19-14-18(6-7-20(19)24)34(30,31)26-10-12-32-13-11-26/h2-7,14H,1,9-13,15H2. The molecule has 0 aliphatic carbocycles. The second-order valence-electron chi connectivity index (χ2n) is 7.16. The fraction of sp³-hybridized carbons (Fsp3) is 0.318. The van der Waals surface area contributed by atoms with Gasteiger partial charge in [-0.2, -0.15) is 9.57 Å². The lowest BCUT2D eigenvalue weighted by molar-refractivity contribution is -0.121. The molecule has 0 radical (unpaired) electrons. The molecule has 0 bridgehead atoms. The fourth-order valence-corrected chi connectivity index (χ4v) is 4.66. The van der Waals surface area contributed by atoms with Crippen molar-refractivity contribution >= 4 is 27.6 Å². The normalized spacial score (nSPS) is 14.3. The number of amides is 1. The minimum atomic E-state index is -3.99. The molecule has 2 aromatic carbocycles. The van der Waals surface area contributed by atoms with E-state index >= 15 is 0 Å². The first-order valence-electron chi connectivity index (χ1n) is 10.2. The Balaban J connectivity index is 1.74. The highest BCUT2D eigenvalue weighted by Gasteiger charge is 2.28. The van der Waals surface area contributed by atoms with Gasteiger partial charge in [-0.3, -0.25) is 4.79 Å². The van der Waals surface area contributed by atoms with Crippen LogP contribution in [0.2, 0.25) is 0 Å². The van der Waals surface area contributed by atoms with Crippen molar-refractivity contribution in [2.75, 3.05) is 44.4 Å². The van der Waals surface area contributed by atoms with Crippen LogP contribution < -0.4 is 4.90 Å². The average Bonchev–Trinajstić information content (AvgIpc) is 2.84. The Morgan fingerprint density at radius 1 is 1.12 bits per heavy atom. The van der Waals surface area contributed by atoms with Crippen molar-refractivity contribution in [3.8, 4) is 6.07 Å². The van der Waals surface area contributed by atoms with E-state index in [1.165, 1.54) is 12.1 Å². The summed E-state index contributed by atoms with van der Waals surface area (Å²) in [5.41, 5.74) is -0.366. The summed E-state index contributed by atoms with van der Waals surface area (Å²) < 4.78 is 64.3. The summed E-state index contributed by atoms with van der Waals surface area (Å²) in [6.45, 7) is -0.172. The van der Waals surface area contributed by atoms with Crippen LogP contribution in [-0.2, 0) is 24.3 Å². The van der Waals surface area contributed by atoms with Gasteiger partial charge in [0.2, 0.25) is 10.0 Å². The minimum Gasteiger partial charge on any atom is -0.452 e. The Morgan fingerprint density at radius 3 is 2.44 bits per heavy atom. The number of nitrogens with zero attached hydrogens (tertiary/aromatic N) is 3. The van der Waals surface area contributed by atoms with E-state index in [-0.39, 0.29) is 49.9 Å². The molecule has 3 rings (SSSR count). The summed E-state index contributed by atoms with van der Waals surface area (Å²) in [5.74, 6) is -3.50. The Kier molecular flexibility index (Phi) is 8.27. The quantitative estimate of drug-likeness (QED) is 0.517. The third kappa shape index (κ3) is 5.93. The lowest BCUT2D eigenvalue weighted by Gasteiger charge is -2.26. The second kappa shape index (κ2) is 11.1. The Hall–Kier alpha value is -3.40. The minimum absolute atomic E-state index is 0.0346. The Labute approximate surface area is 195 Å². The van der Waals surface area contributed by atoms with E-state index in [4.69, 9.17) is 14.7 Å². The lowest BCUT2D eigenvalue weighted by Crippen LogP contribution is -2.40. The highest BCUT2D eigenvalue weighted by atomic mass is 32.2. The van der Waals surface area contributed by atoms with Crippen LogP contribution in [-0.4, -0.2) is 64.1 Å². The van der Waals surface area contributed by atoms with E-state index in [1.807, 2.05) is 6.07 Å². The van der Waals surface area contributed by atoms with Crippen LogP contribution in [0.5, 0.6) is 0 Å². The van der Waals surface area contributed by atoms with Crippen LogP contribution in [0.25, 0.3) is 0 Å². The summed E-state index contributed by atoms with van der Waals surface area (Å²) in [4.78, 5) is 25.9. The zero-order chi connectivity index (χ0) is 24.7. The van der Waals surface area contributed by atoms with Gasteiger partial charge in [-0.15, -0.1) is 0 Å². The van der Waals surface area contributed by atoms with Crippen molar-refractivity contribution in [2.24, 2.45) is 0 Å². The number of esters is 1. The number of hydrogen-bond donors (Lipinski definition) is 0. The van der Waals surface area contributed by atoms with Gasteiger partial charge >= 0.3 is 5.97 Å². The van der Waals surface area contributed by atoms with Gasteiger partial charge in [0.25, 0.3) is 5.91 Å². The molecular formula is C22H21F2N3O6S. The number of sulfonamides is 1. The summed E-state index contributed by atoms with van der Waals surface area (Å²) in [6.07, 6.45) is -0.0346. The molecule has 1 fully saturated rings. The van der Waals surface area contributed by atoms with E-state index in [9.17, 15) is 26.8 Å². The number of benzene rings is 2. The molecule has 0 N–H and O–H groups in total. The monoisotopic (exact) mass is 493 g/mol. The fourth-order valence-electron chi connectivity index (χ4n) is 3.22. The van der Waals surface area contributed by atoms with Gasteiger partial charge in [0.1, 0.15) is 11.6 Å². The van der Waals surface area contributed by atoms with Crippen molar-refractivity contribution in [1.82, 2.24) is 4.31 Å². The Bertz CT molecular complexity index is 1190. The molecule has 1 saturated heterocycles. The maximum atomic E-state index is 14.3. The third-order valence-electron chi connectivity index (χ3n) is 4.98. The van der Waals surface area contributed by atoms with Gasteiger partial charge in [0.15, 0.2) is 6.61 Å². The van der Waals surface area contributed by atoms with Crippen LogP contribution in [0, 0.1) is 23.0 Å². The maximum absolute atomic E-state index is 14.3. The third-order valence-corrected chi connectivity index (χ3v) is 6.87. The largest absolute Gasteiger partial charge is 0.452 e. The average molecular weight is 493 g/mol. The molecule has 2 aromatic rings. The van der Waals surface area contributed by atoms with Crippen molar-refractivity contribution in [2.45, 2.75) is 11.3 Å². The number of carbonyl (C=O) groups is 2. The van der Waals surface area contributed by atoms with E-state index < -0.39 is 45.7 Å². The summed E-state index contributed by atoms with van der Waals surface area (Å²) in [6, 6.07) is 9.53. The molecular weight excluding hydrogens is 472 g/mol. The van der Waals surface area contributed by atoms with Crippen molar-refractivity contribution in [1.29, 1.82) is 5.26 Å². The van der Waals surface area contributed by atoms with Gasteiger partial charge in [-0.25, -0.2) is 22.0 Å². The second-order valence-corrected chi connectivity index (χ2v) is 9.10. The molecule has 0 atom stereocenters. The van der Waals surface area contributed by atoms with Crippen molar-refractivity contribution in [3.63, 3.8) is 0 Å². The number of hydrogen-bond acceptors (Lipinski definition) is 7. The number of ether oxygens (including phenoxy) is 2. The lowest BCUT2D eigenvalue weighted by atomic mass is 10.2. The first kappa shape index (κ1) is 25.2. The van der Waals surface area contributed by atoms with Gasteiger partial charge in [0, 0.05) is 25.3 Å². The van der Waals surface area contributed by atoms with Crippen LogP contribution >= 0.6 is 0 Å². The predicted molar refractivity (Wildman–Crippen MR) is 115 cm³/mol. The number of carbonyl (C=O) groups excluding carboxylic acids is 2. The van der Waals surface area contributed by atoms with Crippen molar-refractivity contribution < 1.29 is 36.3 Å². The first-order valence-corrected chi connectivity index (χ1v) is 11.7. The van der Waals surface area contributed by atoms with Crippen molar-refractivity contribution in [3.05, 3.63) is 59.7 Å². The molecule has 0 aromatic heterocycles. The SMILES string of the molecule is N#CCCN(C(=O)COC(=O)c1cc(S(=O)(=O)N2CCOCC2)ccc1F)c1ccc(F)cc1. The summed E-state index contributed by atoms with van der Waals surface area (Å²) in [5, 5.41) is 8.84. The van der Waals surface area contributed by atoms with Gasteiger partial charge in [-0.1, -0.05) is 0 Å². The zero-order valence-corrected chi connectivity index (χ0v) is 18.8. The van der Waals surface area contributed by atoms with E-state index in [0.717, 1.165) is 39.5 Å². The molecule has 12 heteroatoms. The maximum Gasteiger partial charge on any atom is 0.341 e. The number of morpholine rings is 1. The molecule has 0 unspecified atom stereocenters. The molecule has 1 heterocycles.